The normalized spacial score (nSPS) is 18.7. The number of rotatable bonds is 9. The first kappa shape index (κ1) is 23.0. The Kier molecular flexibility index (Phi) is 7.80. The van der Waals surface area contributed by atoms with Gasteiger partial charge in [0.05, 0.1) is 24.0 Å². The summed E-state index contributed by atoms with van der Waals surface area (Å²) in [6, 6.07) is 14.5. The van der Waals surface area contributed by atoms with Crippen molar-refractivity contribution in [2.75, 3.05) is 18.1 Å². The monoisotopic (exact) mass is 422 g/mol. The van der Waals surface area contributed by atoms with Crippen molar-refractivity contribution in [1.82, 2.24) is 0 Å². The molecule has 6 nitrogen and oxygen atoms in total. The van der Waals surface area contributed by atoms with E-state index in [1.165, 1.54) is 0 Å². The lowest BCUT2D eigenvalue weighted by molar-refractivity contribution is -0.116. The molecule has 3 atom stereocenters. The molecule has 164 valence electrons. The maximum Gasteiger partial charge on any atom is 0.173 e. The number of aliphatic hydroxyl groups excluding tert-OH is 3. The highest BCUT2D eigenvalue weighted by atomic mass is 16.4. The van der Waals surface area contributed by atoms with Crippen LogP contribution in [0.25, 0.3) is 16.8 Å². The minimum Gasteiger partial charge on any atom is -0.394 e. The molecule has 6 heteroatoms. The van der Waals surface area contributed by atoms with Gasteiger partial charge in [-0.2, -0.15) is 5.26 Å². The second-order valence-electron chi connectivity index (χ2n) is 8.07. The maximum absolute atomic E-state index is 12.7. The van der Waals surface area contributed by atoms with Gasteiger partial charge in [-0.15, -0.1) is 0 Å². The molecule has 1 aliphatic rings. The number of carbonyl (C=O) groups is 1. The van der Waals surface area contributed by atoms with Crippen LogP contribution in [-0.2, 0) is 4.79 Å². The van der Waals surface area contributed by atoms with Gasteiger partial charge in [0.15, 0.2) is 5.78 Å². The van der Waals surface area contributed by atoms with E-state index in [0.29, 0.717) is 6.04 Å². The summed E-state index contributed by atoms with van der Waals surface area (Å²) in [5, 5.41) is 40.1. The van der Waals surface area contributed by atoms with Gasteiger partial charge in [-0.05, 0) is 42.7 Å². The fourth-order valence-corrected chi connectivity index (χ4v) is 4.32. The van der Waals surface area contributed by atoms with Crippen LogP contribution >= 0.6 is 0 Å². The first-order valence-electron chi connectivity index (χ1n) is 10.9. The standard InChI is InChI=1S/C25H30N2O4/c1-2-20-7-5-13-27(20)25-18(10-9-17-6-3-4-8-21(17)25)14-19(15-26)22(29)11-12-23(30)24(31)16-28/h3-4,6,8-10,14,20,23-24,28,30-31H,2,5,7,11-13,16H2,1H3/b19-14+. The van der Waals surface area contributed by atoms with Crippen molar-refractivity contribution in [3.05, 3.63) is 47.5 Å². The molecule has 31 heavy (non-hydrogen) atoms. The minimum atomic E-state index is -1.30. The van der Waals surface area contributed by atoms with Gasteiger partial charge in [0, 0.05) is 24.4 Å². The molecule has 2 aromatic carbocycles. The summed E-state index contributed by atoms with van der Waals surface area (Å²) in [7, 11) is 0. The lowest BCUT2D eigenvalue weighted by Gasteiger charge is -2.29. The Labute approximate surface area is 183 Å². The number of anilines is 1. The molecule has 1 saturated heterocycles. The number of nitrogens with zero attached hydrogens (tertiary/aromatic N) is 2. The number of hydrogen-bond donors (Lipinski definition) is 3. The van der Waals surface area contributed by atoms with Crippen LogP contribution in [0.3, 0.4) is 0 Å². The molecule has 0 aromatic heterocycles. The number of fused-ring (bicyclic) bond motifs is 1. The molecule has 3 unspecified atom stereocenters. The third-order valence-corrected chi connectivity index (χ3v) is 6.09. The number of allylic oxidation sites excluding steroid dienone is 1. The van der Waals surface area contributed by atoms with E-state index in [9.17, 15) is 20.3 Å². The van der Waals surface area contributed by atoms with E-state index in [0.717, 1.165) is 47.8 Å². The summed E-state index contributed by atoms with van der Waals surface area (Å²) >= 11 is 0. The van der Waals surface area contributed by atoms with E-state index < -0.39 is 18.8 Å². The summed E-state index contributed by atoms with van der Waals surface area (Å²) in [5.41, 5.74) is 1.91. The molecule has 1 aliphatic heterocycles. The Morgan fingerprint density at radius 2 is 2.03 bits per heavy atom. The lowest BCUT2D eigenvalue weighted by Crippen LogP contribution is -2.29. The molecule has 1 heterocycles. The number of Topliss-reactive ketones (excluding diaryl/α,β-unsaturated/α-hetero) is 1. The Bertz CT molecular complexity index is 995. The van der Waals surface area contributed by atoms with Crippen molar-refractivity contribution in [3.63, 3.8) is 0 Å². The summed E-state index contributed by atoms with van der Waals surface area (Å²) in [4.78, 5) is 15.0. The van der Waals surface area contributed by atoms with Crippen LogP contribution in [0, 0.1) is 11.3 Å². The lowest BCUT2D eigenvalue weighted by atomic mass is 9.97. The van der Waals surface area contributed by atoms with Crippen LogP contribution in [-0.4, -0.2) is 52.5 Å². The van der Waals surface area contributed by atoms with Crippen LogP contribution in [0.15, 0.2) is 42.0 Å². The predicted octanol–water partition coefficient (Wildman–Crippen LogP) is 3.19. The summed E-state index contributed by atoms with van der Waals surface area (Å²) in [5.74, 6) is -0.390. The SMILES string of the molecule is CCC1CCCN1c1c(/C=C(\C#N)C(=O)CCC(O)C(O)CO)ccc2ccccc12. The third-order valence-electron chi connectivity index (χ3n) is 6.09. The molecule has 1 fully saturated rings. The quantitative estimate of drug-likeness (QED) is 0.423. The van der Waals surface area contributed by atoms with Gasteiger partial charge in [-0.3, -0.25) is 4.79 Å². The van der Waals surface area contributed by atoms with Crippen LogP contribution in [0.4, 0.5) is 5.69 Å². The molecule has 0 radical (unpaired) electrons. The smallest absolute Gasteiger partial charge is 0.173 e. The van der Waals surface area contributed by atoms with Crippen LogP contribution in [0.5, 0.6) is 0 Å². The largest absolute Gasteiger partial charge is 0.394 e. The zero-order chi connectivity index (χ0) is 22.4. The van der Waals surface area contributed by atoms with Crippen molar-refractivity contribution in [2.24, 2.45) is 0 Å². The molecule has 0 bridgehead atoms. The average Bonchev–Trinajstić information content (AvgIpc) is 3.28. The molecular formula is C25H30N2O4. The third kappa shape index (κ3) is 5.13. The number of aliphatic hydroxyl groups is 3. The molecule has 0 amide bonds. The van der Waals surface area contributed by atoms with Gasteiger partial charge in [-0.1, -0.05) is 43.3 Å². The van der Waals surface area contributed by atoms with Crippen molar-refractivity contribution in [1.29, 1.82) is 5.26 Å². The molecule has 0 spiro atoms. The minimum absolute atomic E-state index is 0.0197. The van der Waals surface area contributed by atoms with Gasteiger partial charge in [0.25, 0.3) is 0 Å². The molecular weight excluding hydrogens is 392 g/mol. The van der Waals surface area contributed by atoms with Crippen molar-refractivity contribution in [3.8, 4) is 6.07 Å². The van der Waals surface area contributed by atoms with Gasteiger partial charge in [0.1, 0.15) is 12.2 Å². The maximum atomic E-state index is 12.7. The Hall–Kier alpha value is -2.72. The van der Waals surface area contributed by atoms with Crippen LogP contribution in [0.2, 0.25) is 0 Å². The summed E-state index contributed by atoms with van der Waals surface area (Å²) < 4.78 is 0. The van der Waals surface area contributed by atoms with Crippen molar-refractivity contribution in [2.45, 2.75) is 57.3 Å². The molecule has 3 rings (SSSR count). The van der Waals surface area contributed by atoms with Gasteiger partial charge >= 0.3 is 0 Å². The van der Waals surface area contributed by atoms with Gasteiger partial charge in [0.2, 0.25) is 0 Å². The van der Waals surface area contributed by atoms with E-state index in [-0.39, 0.29) is 24.2 Å². The summed E-state index contributed by atoms with van der Waals surface area (Å²) in [6.45, 7) is 2.54. The fraction of sp³-hybridized carbons (Fsp3) is 0.440. The van der Waals surface area contributed by atoms with E-state index in [1.807, 2.05) is 30.3 Å². The first-order chi connectivity index (χ1) is 15.0. The highest BCUT2D eigenvalue weighted by Gasteiger charge is 2.26. The van der Waals surface area contributed by atoms with Crippen LogP contribution < -0.4 is 4.90 Å². The van der Waals surface area contributed by atoms with E-state index in [2.05, 4.69) is 24.0 Å². The second-order valence-corrected chi connectivity index (χ2v) is 8.07. The van der Waals surface area contributed by atoms with Crippen molar-refractivity contribution < 1.29 is 20.1 Å². The van der Waals surface area contributed by atoms with E-state index in [4.69, 9.17) is 5.11 Å². The number of benzene rings is 2. The highest BCUT2D eigenvalue weighted by molar-refractivity contribution is 6.06. The Morgan fingerprint density at radius 1 is 1.26 bits per heavy atom. The first-order valence-corrected chi connectivity index (χ1v) is 10.9. The molecule has 3 N–H and O–H groups in total. The fourth-order valence-electron chi connectivity index (χ4n) is 4.32. The van der Waals surface area contributed by atoms with E-state index >= 15 is 0 Å². The van der Waals surface area contributed by atoms with E-state index in [1.54, 1.807) is 6.08 Å². The number of nitriles is 1. The molecule has 0 aliphatic carbocycles. The molecule has 0 saturated carbocycles. The Balaban J connectivity index is 1.97. The Morgan fingerprint density at radius 3 is 2.74 bits per heavy atom. The number of hydrogen-bond acceptors (Lipinski definition) is 6. The van der Waals surface area contributed by atoms with Gasteiger partial charge in [-0.25, -0.2) is 0 Å². The average molecular weight is 423 g/mol. The predicted molar refractivity (Wildman–Crippen MR) is 122 cm³/mol. The van der Waals surface area contributed by atoms with Crippen LogP contribution in [0.1, 0.15) is 44.6 Å². The molecule has 2 aromatic rings. The second kappa shape index (κ2) is 10.5. The topological polar surface area (TPSA) is 105 Å². The van der Waals surface area contributed by atoms with Gasteiger partial charge < -0.3 is 20.2 Å². The zero-order valence-electron chi connectivity index (χ0n) is 17.9. The highest BCUT2D eigenvalue weighted by Crippen LogP contribution is 2.37. The van der Waals surface area contributed by atoms with Crippen molar-refractivity contribution >= 4 is 28.3 Å². The number of carbonyl (C=O) groups excluding carboxylic acids is 1. The zero-order valence-corrected chi connectivity index (χ0v) is 17.9. The summed E-state index contributed by atoms with van der Waals surface area (Å²) in [6.07, 6.45) is 2.30. The number of ketones is 1.